The van der Waals surface area contributed by atoms with Crippen LogP contribution in [0.15, 0.2) is 48.5 Å². The summed E-state index contributed by atoms with van der Waals surface area (Å²) in [7, 11) is 0. The number of amides is 1. The fraction of sp³-hybridized carbons (Fsp3) is 0.188. The summed E-state index contributed by atoms with van der Waals surface area (Å²) in [5.74, 6) is 0.0277. The fourth-order valence-corrected chi connectivity index (χ4v) is 2.16. The van der Waals surface area contributed by atoms with Gasteiger partial charge in [-0.15, -0.1) is 0 Å². The Bertz CT molecular complexity index is 584. The lowest BCUT2D eigenvalue weighted by atomic mass is 10.1. The van der Waals surface area contributed by atoms with Gasteiger partial charge in [0, 0.05) is 13.0 Å². The van der Waals surface area contributed by atoms with Gasteiger partial charge < -0.3 is 5.32 Å². The maximum atomic E-state index is 11.8. The van der Waals surface area contributed by atoms with E-state index in [2.05, 4.69) is 5.32 Å². The van der Waals surface area contributed by atoms with E-state index in [1.165, 1.54) is 0 Å². The highest BCUT2D eigenvalue weighted by Gasteiger charge is 2.04. The number of hydrogen-bond donors (Lipinski definition) is 1. The van der Waals surface area contributed by atoms with Crippen LogP contribution in [0, 0.1) is 0 Å². The molecular weight excluding hydrogens is 293 g/mol. The molecule has 0 aliphatic rings. The second-order valence-electron chi connectivity index (χ2n) is 4.51. The van der Waals surface area contributed by atoms with Crippen LogP contribution in [0.25, 0.3) is 0 Å². The Balaban J connectivity index is 1.79. The summed E-state index contributed by atoms with van der Waals surface area (Å²) in [6.45, 7) is 0.557. The third-order valence-electron chi connectivity index (χ3n) is 2.96. The van der Waals surface area contributed by atoms with E-state index in [-0.39, 0.29) is 5.91 Å². The molecule has 20 heavy (non-hydrogen) atoms. The average molecular weight is 308 g/mol. The molecule has 2 aromatic carbocycles. The first-order valence-electron chi connectivity index (χ1n) is 6.40. The zero-order chi connectivity index (χ0) is 14.4. The van der Waals surface area contributed by atoms with E-state index in [1.807, 2.05) is 36.4 Å². The number of benzene rings is 2. The topological polar surface area (TPSA) is 29.1 Å². The molecule has 2 rings (SSSR count). The van der Waals surface area contributed by atoms with Gasteiger partial charge in [-0.25, -0.2) is 0 Å². The normalized spacial score (nSPS) is 10.3. The molecule has 2 nitrogen and oxygen atoms in total. The van der Waals surface area contributed by atoms with Gasteiger partial charge in [0.2, 0.25) is 5.91 Å². The van der Waals surface area contributed by atoms with Gasteiger partial charge in [-0.1, -0.05) is 59.6 Å². The lowest BCUT2D eigenvalue weighted by Gasteiger charge is -2.06. The van der Waals surface area contributed by atoms with Crippen LogP contribution in [0.1, 0.15) is 17.5 Å². The first-order valence-corrected chi connectivity index (χ1v) is 7.15. The third kappa shape index (κ3) is 4.55. The number of carbonyl (C=O) groups is 1. The number of halogens is 2. The summed E-state index contributed by atoms with van der Waals surface area (Å²) in [6, 6.07) is 15.3. The second-order valence-corrected chi connectivity index (χ2v) is 5.33. The van der Waals surface area contributed by atoms with Gasteiger partial charge in [-0.05, 0) is 29.7 Å². The van der Waals surface area contributed by atoms with Crippen molar-refractivity contribution in [2.75, 3.05) is 0 Å². The van der Waals surface area contributed by atoms with Crippen molar-refractivity contribution in [1.82, 2.24) is 5.32 Å². The highest BCUT2D eigenvalue weighted by Crippen LogP contribution is 2.23. The Morgan fingerprint density at radius 1 is 0.950 bits per heavy atom. The molecule has 4 heteroatoms. The van der Waals surface area contributed by atoms with Crippen LogP contribution in [0.2, 0.25) is 10.0 Å². The smallest absolute Gasteiger partial charge is 0.220 e. The minimum atomic E-state index is 0.0277. The Hall–Kier alpha value is -1.51. The highest BCUT2D eigenvalue weighted by atomic mass is 35.5. The van der Waals surface area contributed by atoms with Gasteiger partial charge in [-0.3, -0.25) is 4.79 Å². The molecule has 0 saturated carbocycles. The van der Waals surface area contributed by atoms with Crippen molar-refractivity contribution in [1.29, 1.82) is 0 Å². The quantitative estimate of drug-likeness (QED) is 0.879. The Morgan fingerprint density at radius 2 is 1.70 bits per heavy atom. The van der Waals surface area contributed by atoms with Gasteiger partial charge in [0.25, 0.3) is 0 Å². The molecule has 0 fully saturated rings. The van der Waals surface area contributed by atoms with E-state index in [1.54, 1.807) is 12.1 Å². The van der Waals surface area contributed by atoms with Gasteiger partial charge >= 0.3 is 0 Å². The van der Waals surface area contributed by atoms with Crippen LogP contribution >= 0.6 is 23.2 Å². The van der Waals surface area contributed by atoms with E-state index in [0.717, 1.165) is 11.1 Å². The molecule has 0 unspecified atom stereocenters. The van der Waals surface area contributed by atoms with E-state index < -0.39 is 0 Å². The van der Waals surface area contributed by atoms with Crippen molar-refractivity contribution in [3.8, 4) is 0 Å². The summed E-state index contributed by atoms with van der Waals surface area (Å²) >= 11 is 11.8. The molecule has 0 spiro atoms. The molecular formula is C16H15Cl2NO. The molecule has 0 aliphatic heterocycles. The van der Waals surface area contributed by atoms with Crippen molar-refractivity contribution >= 4 is 29.1 Å². The molecule has 0 aliphatic carbocycles. The molecule has 0 radical (unpaired) electrons. The monoisotopic (exact) mass is 307 g/mol. The molecule has 0 heterocycles. The molecule has 0 atom stereocenters. The minimum Gasteiger partial charge on any atom is -0.352 e. The van der Waals surface area contributed by atoms with Gasteiger partial charge in [0.15, 0.2) is 0 Å². The summed E-state index contributed by atoms with van der Waals surface area (Å²) in [4.78, 5) is 11.8. The summed E-state index contributed by atoms with van der Waals surface area (Å²) in [5, 5.41) is 3.95. The van der Waals surface area contributed by atoms with E-state index >= 15 is 0 Å². The number of carbonyl (C=O) groups excluding carboxylic acids is 1. The predicted molar refractivity (Wildman–Crippen MR) is 83.1 cm³/mol. The average Bonchev–Trinajstić information content (AvgIpc) is 2.47. The largest absolute Gasteiger partial charge is 0.352 e. The van der Waals surface area contributed by atoms with Gasteiger partial charge in [0.05, 0.1) is 10.0 Å². The summed E-state index contributed by atoms with van der Waals surface area (Å²) in [6.07, 6.45) is 1.09. The molecule has 0 saturated heterocycles. The van der Waals surface area contributed by atoms with Crippen LogP contribution < -0.4 is 5.32 Å². The maximum Gasteiger partial charge on any atom is 0.220 e. The Morgan fingerprint density at radius 3 is 2.40 bits per heavy atom. The van der Waals surface area contributed by atoms with Crippen LogP contribution in [0.4, 0.5) is 0 Å². The zero-order valence-electron chi connectivity index (χ0n) is 10.9. The molecule has 1 N–H and O–H groups in total. The fourth-order valence-electron chi connectivity index (χ4n) is 1.84. The van der Waals surface area contributed by atoms with Crippen molar-refractivity contribution in [3.05, 3.63) is 69.7 Å². The van der Waals surface area contributed by atoms with Gasteiger partial charge in [0.1, 0.15) is 0 Å². The lowest BCUT2D eigenvalue weighted by Crippen LogP contribution is -2.22. The highest BCUT2D eigenvalue weighted by molar-refractivity contribution is 6.42. The van der Waals surface area contributed by atoms with Crippen molar-refractivity contribution < 1.29 is 4.79 Å². The van der Waals surface area contributed by atoms with E-state index in [4.69, 9.17) is 23.2 Å². The molecule has 104 valence electrons. The standard InChI is InChI=1S/C16H15Cl2NO/c17-14-8-6-12(10-15(14)18)7-9-16(20)19-11-13-4-2-1-3-5-13/h1-6,8,10H,7,9,11H2,(H,19,20). The van der Waals surface area contributed by atoms with Crippen molar-refractivity contribution in [2.45, 2.75) is 19.4 Å². The predicted octanol–water partition coefficient (Wildman–Crippen LogP) is 4.24. The SMILES string of the molecule is O=C(CCc1ccc(Cl)c(Cl)c1)NCc1ccccc1. The van der Waals surface area contributed by atoms with Crippen LogP contribution in [0.5, 0.6) is 0 Å². The van der Waals surface area contributed by atoms with Crippen molar-refractivity contribution in [3.63, 3.8) is 0 Å². The minimum absolute atomic E-state index is 0.0277. The number of rotatable bonds is 5. The van der Waals surface area contributed by atoms with Gasteiger partial charge in [-0.2, -0.15) is 0 Å². The maximum absolute atomic E-state index is 11.8. The lowest BCUT2D eigenvalue weighted by molar-refractivity contribution is -0.121. The first kappa shape index (κ1) is 14.9. The third-order valence-corrected chi connectivity index (χ3v) is 3.70. The molecule has 0 bridgehead atoms. The Kier molecular flexibility index (Phi) is 5.45. The summed E-state index contributed by atoms with van der Waals surface area (Å²) < 4.78 is 0. The van der Waals surface area contributed by atoms with E-state index in [0.29, 0.717) is 29.4 Å². The van der Waals surface area contributed by atoms with Crippen LogP contribution in [0.3, 0.4) is 0 Å². The van der Waals surface area contributed by atoms with Crippen LogP contribution in [-0.4, -0.2) is 5.91 Å². The number of hydrogen-bond acceptors (Lipinski definition) is 1. The molecule has 2 aromatic rings. The molecule has 0 aromatic heterocycles. The molecule has 1 amide bonds. The van der Waals surface area contributed by atoms with Crippen LogP contribution in [-0.2, 0) is 17.8 Å². The first-order chi connectivity index (χ1) is 9.65. The zero-order valence-corrected chi connectivity index (χ0v) is 12.4. The second kappa shape index (κ2) is 7.32. The Labute approximate surface area is 128 Å². The number of aryl methyl sites for hydroxylation is 1. The summed E-state index contributed by atoms with van der Waals surface area (Å²) in [5.41, 5.74) is 2.10. The number of nitrogens with one attached hydrogen (secondary N) is 1. The van der Waals surface area contributed by atoms with Crippen molar-refractivity contribution in [2.24, 2.45) is 0 Å². The van der Waals surface area contributed by atoms with E-state index in [9.17, 15) is 4.79 Å².